The number of nitrogens with zero attached hydrogens (tertiary/aromatic N) is 3. The molecule has 1 aliphatic heterocycles. The Hall–Kier alpha value is -0.870. The van der Waals surface area contributed by atoms with Crippen LogP contribution in [-0.2, 0) is 6.54 Å². The molecule has 17 heavy (non-hydrogen) atoms. The lowest BCUT2D eigenvalue weighted by Gasteiger charge is -2.38. The molecule has 1 N–H and O–H groups in total. The molecule has 0 bridgehead atoms. The van der Waals surface area contributed by atoms with Crippen molar-refractivity contribution in [3.63, 3.8) is 0 Å². The van der Waals surface area contributed by atoms with E-state index in [1.807, 2.05) is 10.8 Å². The molecule has 96 valence electrons. The van der Waals surface area contributed by atoms with E-state index in [0.717, 1.165) is 25.3 Å². The molecule has 1 aliphatic rings. The normalized spacial score (nSPS) is 19.8. The molecule has 0 radical (unpaired) electrons. The van der Waals surface area contributed by atoms with Crippen LogP contribution in [0.5, 0.6) is 0 Å². The lowest BCUT2D eigenvalue weighted by atomic mass is 9.93. The van der Waals surface area contributed by atoms with Gasteiger partial charge in [0.15, 0.2) is 0 Å². The summed E-state index contributed by atoms with van der Waals surface area (Å²) in [6, 6.07) is 0. The maximum Gasteiger partial charge on any atom is 0.115 e. The van der Waals surface area contributed by atoms with Crippen LogP contribution in [0.1, 0.15) is 45.4 Å². The quantitative estimate of drug-likeness (QED) is 0.868. The fourth-order valence-corrected chi connectivity index (χ4v) is 2.52. The van der Waals surface area contributed by atoms with Crippen molar-refractivity contribution in [2.75, 3.05) is 13.1 Å². The first-order valence-electron chi connectivity index (χ1n) is 6.50. The van der Waals surface area contributed by atoms with E-state index < -0.39 is 6.10 Å². The van der Waals surface area contributed by atoms with Crippen molar-refractivity contribution in [3.05, 3.63) is 18.2 Å². The second-order valence-corrected chi connectivity index (χ2v) is 5.38. The molecule has 0 spiro atoms. The third kappa shape index (κ3) is 2.38. The van der Waals surface area contributed by atoms with Gasteiger partial charge in [-0.2, -0.15) is 0 Å². The second-order valence-electron chi connectivity index (χ2n) is 5.38. The molecule has 0 aliphatic carbocycles. The molecule has 1 atom stereocenters. The Morgan fingerprint density at radius 1 is 1.41 bits per heavy atom. The van der Waals surface area contributed by atoms with E-state index in [4.69, 9.17) is 0 Å². The molecule has 4 heteroatoms. The summed E-state index contributed by atoms with van der Waals surface area (Å²) < 4.78 is 2.00. The number of rotatable bonds is 4. The van der Waals surface area contributed by atoms with Gasteiger partial charge in [0, 0.05) is 18.3 Å². The summed E-state index contributed by atoms with van der Waals surface area (Å²) in [7, 11) is 0. The van der Waals surface area contributed by atoms with Crippen molar-refractivity contribution < 1.29 is 5.11 Å². The van der Waals surface area contributed by atoms with E-state index in [9.17, 15) is 5.11 Å². The number of hydrogen-bond donors (Lipinski definition) is 1. The van der Waals surface area contributed by atoms with Crippen LogP contribution in [0.25, 0.3) is 0 Å². The molecule has 1 aromatic heterocycles. The van der Waals surface area contributed by atoms with E-state index in [1.54, 1.807) is 6.33 Å². The van der Waals surface area contributed by atoms with E-state index in [1.165, 1.54) is 12.8 Å². The van der Waals surface area contributed by atoms with Crippen LogP contribution in [-0.4, -0.2) is 38.2 Å². The van der Waals surface area contributed by atoms with Crippen LogP contribution < -0.4 is 0 Å². The first-order valence-corrected chi connectivity index (χ1v) is 6.50. The van der Waals surface area contributed by atoms with Crippen molar-refractivity contribution in [3.8, 4) is 0 Å². The fraction of sp³-hybridized carbons (Fsp3) is 0.769. The number of aliphatic hydroxyl groups is 1. The summed E-state index contributed by atoms with van der Waals surface area (Å²) >= 11 is 0. The average molecular weight is 237 g/mol. The van der Waals surface area contributed by atoms with Crippen LogP contribution in [0.15, 0.2) is 12.5 Å². The second kappa shape index (κ2) is 4.78. The van der Waals surface area contributed by atoms with E-state index in [-0.39, 0.29) is 5.54 Å². The third-order valence-electron chi connectivity index (χ3n) is 3.89. The third-order valence-corrected chi connectivity index (χ3v) is 3.89. The Morgan fingerprint density at radius 2 is 2.06 bits per heavy atom. The predicted octanol–water partition coefficient (Wildman–Crippen LogP) is 1.81. The Kier molecular flexibility index (Phi) is 3.54. The van der Waals surface area contributed by atoms with Crippen LogP contribution in [0.2, 0.25) is 0 Å². The number of hydrogen-bond acceptors (Lipinski definition) is 3. The van der Waals surface area contributed by atoms with Crippen molar-refractivity contribution in [2.45, 2.75) is 51.8 Å². The highest BCUT2D eigenvalue weighted by molar-refractivity contribution is 5.08. The van der Waals surface area contributed by atoms with Crippen molar-refractivity contribution in [2.24, 2.45) is 0 Å². The van der Waals surface area contributed by atoms with E-state index in [2.05, 4.69) is 30.7 Å². The molecule has 2 heterocycles. The van der Waals surface area contributed by atoms with Gasteiger partial charge in [-0.25, -0.2) is 4.98 Å². The number of aryl methyl sites for hydroxylation is 1. The first kappa shape index (κ1) is 12.6. The van der Waals surface area contributed by atoms with Gasteiger partial charge in [-0.1, -0.05) is 0 Å². The SMILES string of the molecule is CCn1cnc(C(O)C(C)(C)N2CCCC2)c1. The van der Waals surface area contributed by atoms with Crippen molar-refractivity contribution in [1.29, 1.82) is 0 Å². The van der Waals surface area contributed by atoms with E-state index in [0.29, 0.717) is 0 Å². The lowest BCUT2D eigenvalue weighted by molar-refractivity contribution is -0.00101. The molecule has 1 unspecified atom stereocenters. The minimum absolute atomic E-state index is 0.233. The molecule has 4 nitrogen and oxygen atoms in total. The smallest absolute Gasteiger partial charge is 0.115 e. The van der Waals surface area contributed by atoms with E-state index >= 15 is 0 Å². The molecule has 1 fully saturated rings. The maximum absolute atomic E-state index is 10.5. The Morgan fingerprint density at radius 3 is 2.59 bits per heavy atom. The number of likely N-dealkylation sites (tertiary alicyclic amines) is 1. The van der Waals surface area contributed by atoms with Gasteiger partial charge in [0.1, 0.15) is 6.10 Å². The lowest BCUT2D eigenvalue weighted by Crippen LogP contribution is -2.46. The first-order chi connectivity index (χ1) is 8.05. The summed E-state index contributed by atoms with van der Waals surface area (Å²) in [5.41, 5.74) is 0.549. The predicted molar refractivity (Wildman–Crippen MR) is 67.7 cm³/mol. The molecule has 2 rings (SSSR count). The zero-order valence-electron chi connectivity index (χ0n) is 11.1. The van der Waals surface area contributed by atoms with Gasteiger partial charge in [0.25, 0.3) is 0 Å². The van der Waals surface area contributed by atoms with Gasteiger partial charge in [0.2, 0.25) is 0 Å². The summed E-state index contributed by atoms with van der Waals surface area (Å²) in [4.78, 5) is 6.67. The summed E-state index contributed by atoms with van der Waals surface area (Å²) in [5, 5.41) is 10.5. The standard InChI is InChI=1S/C13H23N3O/c1-4-15-9-11(14-10-15)12(17)13(2,3)16-7-5-6-8-16/h9-10,12,17H,4-8H2,1-3H3. The van der Waals surface area contributed by atoms with Crippen LogP contribution in [0, 0.1) is 0 Å². The number of imidazole rings is 1. The average Bonchev–Trinajstić information content (AvgIpc) is 2.99. The minimum Gasteiger partial charge on any atom is -0.385 e. The van der Waals surface area contributed by atoms with Gasteiger partial charge in [-0.3, -0.25) is 4.90 Å². The molecule has 0 saturated carbocycles. The highest BCUT2D eigenvalue weighted by atomic mass is 16.3. The topological polar surface area (TPSA) is 41.3 Å². The summed E-state index contributed by atoms with van der Waals surface area (Å²) in [5.74, 6) is 0. The van der Waals surface area contributed by atoms with Gasteiger partial charge in [0.05, 0.1) is 12.0 Å². The molecule has 0 amide bonds. The maximum atomic E-state index is 10.5. The highest BCUT2D eigenvalue weighted by Crippen LogP contribution is 2.32. The van der Waals surface area contributed by atoms with Crippen LogP contribution >= 0.6 is 0 Å². The van der Waals surface area contributed by atoms with Gasteiger partial charge >= 0.3 is 0 Å². The molecule has 1 aromatic rings. The highest BCUT2D eigenvalue weighted by Gasteiger charge is 2.37. The van der Waals surface area contributed by atoms with Crippen LogP contribution in [0.3, 0.4) is 0 Å². The fourth-order valence-electron chi connectivity index (χ4n) is 2.52. The molecule has 0 aromatic carbocycles. The van der Waals surface area contributed by atoms with Gasteiger partial charge in [-0.05, 0) is 46.7 Å². The van der Waals surface area contributed by atoms with Gasteiger partial charge in [-0.15, -0.1) is 0 Å². The Labute approximate surface area is 103 Å². The Bertz CT molecular complexity index is 366. The zero-order chi connectivity index (χ0) is 12.5. The number of aromatic nitrogens is 2. The molecular formula is C13H23N3O. The Balaban J connectivity index is 2.14. The monoisotopic (exact) mass is 237 g/mol. The van der Waals surface area contributed by atoms with Crippen molar-refractivity contribution >= 4 is 0 Å². The van der Waals surface area contributed by atoms with Crippen LogP contribution in [0.4, 0.5) is 0 Å². The zero-order valence-corrected chi connectivity index (χ0v) is 11.1. The molecular weight excluding hydrogens is 214 g/mol. The minimum atomic E-state index is -0.520. The number of aliphatic hydroxyl groups excluding tert-OH is 1. The largest absolute Gasteiger partial charge is 0.385 e. The van der Waals surface area contributed by atoms with Gasteiger partial charge < -0.3 is 9.67 Å². The summed E-state index contributed by atoms with van der Waals surface area (Å²) in [6.45, 7) is 9.34. The summed E-state index contributed by atoms with van der Waals surface area (Å²) in [6.07, 6.45) is 5.69. The molecule has 1 saturated heterocycles. The van der Waals surface area contributed by atoms with Crippen molar-refractivity contribution in [1.82, 2.24) is 14.5 Å².